The van der Waals surface area contributed by atoms with Crippen LogP contribution in [0, 0.1) is 0 Å². The Labute approximate surface area is 97.4 Å². The summed E-state index contributed by atoms with van der Waals surface area (Å²) in [5, 5.41) is 2.68. The second-order valence-corrected chi connectivity index (χ2v) is 4.05. The van der Waals surface area contributed by atoms with E-state index in [0.29, 0.717) is 0 Å². The number of Topliss-reactive ketones (excluding diaryl/α,β-unsaturated/α-hetero) is 1. The zero-order valence-corrected chi connectivity index (χ0v) is 10.5. The van der Waals surface area contributed by atoms with Crippen LogP contribution in [0.5, 0.6) is 0 Å². The average Bonchev–Trinajstić information content (AvgIpc) is 2.21. The van der Waals surface area contributed by atoms with Crippen LogP contribution in [0.1, 0.15) is 46.0 Å². The van der Waals surface area contributed by atoms with Gasteiger partial charge in [0.05, 0.1) is 11.8 Å². The van der Waals surface area contributed by atoms with Crippen molar-refractivity contribution in [1.82, 2.24) is 5.32 Å². The van der Waals surface area contributed by atoms with E-state index in [1.165, 1.54) is 19.8 Å². The standard InChI is InChI=1S/C11H21NO2S/c1-3-4-5-6-7-10(9(2)13)12-11(14)8-15/h10,15H,3-8H2,1-2H3,(H,12,14). The Bertz CT molecular complexity index is 207. The zero-order chi connectivity index (χ0) is 11.7. The molecule has 1 atom stereocenters. The third-order valence-corrected chi connectivity index (χ3v) is 2.60. The van der Waals surface area contributed by atoms with Gasteiger partial charge in [-0.2, -0.15) is 12.6 Å². The van der Waals surface area contributed by atoms with Crippen molar-refractivity contribution >= 4 is 24.3 Å². The lowest BCUT2D eigenvalue weighted by atomic mass is 10.0. The lowest BCUT2D eigenvalue weighted by molar-refractivity contribution is -0.125. The monoisotopic (exact) mass is 231 g/mol. The Balaban J connectivity index is 3.84. The minimum atomic E-state index is -0.318. The number of ketones is 1. The van der Waals surface area contributed by atoms with Gasteiger partial charge in [-0.25, -0.2) is 0 Å². The van der Waals surface area contributed by atoms with Gasteiger partial charge in [-0.1, -0.05) is 32.6 Å². The van der Waals surface area contributed by atoms with Gasteiger partial charge >= 0.3 is 0 Å². The molecule has 0 aliphatic carbocycles. The van der Waals surface area contributed by atoms with Crippen LogP contribution in [0.3, 0.4) is 0 Å². The first-order valence-electron chi connectivity index (χ1n) is 5.52. The van der Waals surface area contributed by atoms with E-state index >= 15 is 0 Å². The van der Waals surface area contributed by atoms with Crippen molar-refractivity contribution in [2.75, 3.05) is 5.75 Å². The van der Waals surface area contributed by atoms with E-state index in [-0.39, 0.29) is 23.5 Å². The summed E-state index contributed by atoms with van der Waals surface area (Å²) in [5.41, 5.74) is 0. The molecular weight excluding hydrogens is 210 g/mol. The molecule has 1 N–H and O–H groups in total. The molecule has 0 aliphatic rings. The number of thiol groups is 1. The Morgan fingerprint density at radius 3 is 2.40 bits per heavy atom. The Morgan fingerprint density at radius 2 is 1.93 bits per heavy atom. The summed E-state index contributed by atoms with van der Waals surface area (Å²) in [7, 11) is 0. The van der Waals surface area contributed by atoms with Gasteiger partial charge in [0.1, 0.15) is 0 Å². The number of hydrogen-bond acceptors (Lipinski definition) is 3. The fourth-order valence-corrected chi connectivity index (χ4v) is 1.48. The molecule has 0 heterocycles. The van der Waals surface area contributed by atoms with Crippen LogP contribution >= 0.6 is 12.6 Å². The lowest BCUT2D eigenvalue weighted by Crippen LogP contribution is -2.40. The normalized spacial score (nSPS) is 12.2. The van der Waals surface area contributed by atoms with Crippen molar-refractivity contribution in [2.24, 2.45) is 0 Å². The van der Waals surface area contributed by atoms with Gasteiger partial charge in [-0.3, -0.25) is 9.59 Å². The predicted octanol–water partition coefficient (Wildman–Crippen LogP) is 1.96. The average molecular weight is 231 g/mol. The summed E-state index contributed by atoms with van der Waals surface area (Å²) >= 11 is 3.86. The molecule has 4 heteroatoms. The highest BCUT2D eigenvalue weighted by Gasteiger charge is 2.15. The highest BCUT2D eigenvalue weighted by molar-refractivity contribution is 7.81. The molecule has 0 fully saturated rings. The van der Waals surface area contributed by atoms with E-state index in [0.717, 1.165) is 19.3 Å². The van der Waals surface area contributed by atoms with Crippen molar-refractivity contribution in [3.63, 3.8) is 0 Å². The highest BCUT2D eigenvalue weighted by atomic mass is 32.1. The first kappa shape index (κ1) is 14.5. The second-order valence-electron chi connectivity index (χ2n) is 3.74. The topological polar surface area (TPSA) is 46.2 Å². The maximum atomic E-state index is 11.2. The minimum Gasteiger partial charge on any atom is -0.346 e. The molecular formula is C11H21NO2S. The van der Waals surface area contributed by atoms with Crippen molar-refractivity contribution in [2.45, 2.75) is 52.0 Å². The van der Waals surface area contributed by atoms with Crippen LogP contribution in [-0.4, -0.2) is 23.5 Å². The summed E-state index contributed by atoms with van der Waals surface area (Å²) in [5.74, 6) is -0.00527. The summed E-state index contributed by atoms with van der Waals surface area (Å²) in [4.78, 5) is 22.3. The number of carbonyl (C=O) groups is 2. The fraction of sp³-hybridized carbons (Fsp3) is 0.818. The van der Waals surface area contributed by atoms with Crippen molar-refractivity contribution in [3.8, 4) is 0 Å². The van der Waals surface area contributed by atoms with Crippen molar-refractivity contribution in [3.05, 3.63) is 0 Å². The molecule has 0 spiro atoms. The van der Waals surface area contributed by atoms with E-state index in [9.17, 15) is 9.59 Å². The predicted molar refractivity (Wildman–Crippen MR) is 65.2 cm³/mol. The summed E-state index contributed by atoms with van der Waals surface area (Å²) < 4.78 is 0. The molecule has 0 aromatic rings. The molecule has 88 valence electrons. The number of hydrogen-bond donors (Lipinski definition) is 2. The van der Waals surface area contributed by atoms with E-state index in [4.69, 9.17) is 0 Å². The highest BCUT2D eigenvalue weighted by Crippen LogP contribution is 2.06. The van der Waals surface area contributed by atoms with Gasteiger partial charge in [0.25, 0.3) is 0 Å². The van der Waals surface area contributed by atoms with Gasteiger partial charge in [0, 0.05) is 0 Å². The first-order valence-corrected chi connectivity index (χ1v) is 6.15. The number of carbonyl (C=O) groups excluding carboxylic acids is 2. The van der Waals surface area contributed by atoms with E-state index in [1.54, 1.807) is 0 Å². The molecule has 0 rings (SSSR count). The SMILES string of the molecule is CCCCCCC(NC(=O)CS)C(C)=O. The van der Waals surface area contributed by atoms with Crippen molar-refractivity contribution in [1.29, 1.82) is 0 Å². The van der Waals surface area contributed by atoms with Crippen LogP contribution < -0.4 is 5.32 Å². The van der Waals surface area contributed by atoms with Gasteiger partial charge < -0.3 is 5.32 Å². The number of nitrogens with one attached hydrogen (secondary N) is 1. The van der Waals surface area contributed by atoms with Gasteiger partial charge in [0.15, 0.2) is 5.78 Å². The summed E-state index contributed by atoms with van der Waals surface area (Å²) in [6, 6.07) is -0.318. The molecule has 0 aliphatic heterocycles. The molecule has 15 heavy (non-hydrogen) atoms. The van der Waals surface area contributed by atoms with Crippen LogP contribution in [0.2, 0.25) is 0 Å². The number of amides is 1. The maximum absolute atomic E-state index is 11.2. The Hall–Kier alpha value is -0.510. The minimum absolute atomic E-state index is 0.0293. The second kappa shape index (κ2) is 8.77. The van der Waals surface area contributed by atoms with Gasteiger partial charge in [-0.05, 0) is 13.3 Å². The molecule has 0 aromatic heterocycles. The summed E-state index contributed by atoms with van der Waals surface area (Å²) in [6.07, 6.45) is 5.22. The number of rotatable bonds is 8. The lowest BCUT2D eigenvalue weighted by Gasteiger charge is -2.14. The fourth-order valence-electron chi connectivity index (χ4n) is 1.39. The van der Waals surface area contributed by atoms with Crippen LogP contribution in [0.4, 0.5) is 0 Å². The maximum Gasteiger partial charge on any atom is 0.230 e. The molecule has 0 saturated heterocycles. The molecule has 1 amide bonds. The van der Waals surface area contributed by atoms with Crippen LogP contribution in [0.25, 0.3) is 0 Å². The van der Waals surface area contributed by atoms with Crippen LogP contribution in [-0.2, 0) is 9.59 Å². The van der Waals surface area contributed by atoms with Crippen LogP contribution in [0.15, 0.2) is 0 Å². The molecule has 0 bridgehead atoms. The summed E-state index contributed by atoms with van der Waals surface area (Å²) in [6.45, 7) is 3.66. The first-order chi connectivity index (χ1) is 7.11. The zero-order valence-electron chi connectivity index (χ0n) is 9.58. The quantitative estimate of drug-likeness (QED) is 0.495. The smallest absolute Gasteiger partial charge is 0.230 e. The largest absolute Gasteiger partial charge is 0.346 e. The number of unbranched alkanes of at least 4 members (excludes halogenated alkanes) is 3. The molecule has 0 saturated carbocycles. The Morgan fingerprint density at radius 1 is 1.27 bits per heavy atom. The van der Waals surface area contributed by atoms with Gasteiger partial charge in [-0.15, -0.1) is 0 Å². The third kappa shape index (κ3) is 7.42. The molecule has 3 nitrogen and oxygen atoms in total. The van der Waals surface area contributed by atoms with Gasteiger partial charge in [0.2, 0.25) is 5.91 Å². The molecule has 0 aromatic carbocycles. The Kier molecular flexibility index (Phi) is 8.47. The molecule has 0 radical (unpaired) electrons. The van der Waals surface area contributed by atoms with E-state index < -0.39 is 0 Å². The van der Waals surface area contributed by atoms with E-state index in [2.05, 4.69) is 24.9 Å². The van der Waals surface area contributed by atoms with E-state index in [1.807, 2.05) is 0 Å². The third-order valence-electron chi connectivity index (χ3n) is 2.32. The molecule has 1 unspecified atom stereocenters. The van der Waals surface area contributed by atoms with Crippen molar-refractivity contribution < 1.29 is 9.59 Å².